The number of nitrogens with one attached hydrogen (secondary N) is 2. The van der Waals surface area contributed by atoms with E-state index in [1.807, 2.05) is 51.2 Å². The molecular formula is C28H38N4O4S. The van der Waals surface area contributed by atoms with Crippen LogP contribution >= 0.6 is 0 Å². The SMILES string of the molecule is CC(C)[C@H](NC(=O)N1CCN(C)CC1)C(=O)N[C@H](/C=C/S(=O)(=O)c1ccccc1)CCc1ccccc1. The predicted molar refractivity (Wildman–Crippen MR) is 146 cm³/mol. The van der Waals surface area contributed by atoms with Gasteiger partial charge in [-0.05, 0) is 43.5 Å². The van der Waals surface area contributed by atoms with Crippen molar-refractivity contribution in [3.8, 4) is 0 Å². The normalized spacial score (nSPS) is 16.5. The lowest BCUT2D eigenvalue weighted by Crippen LogP contribution is -2.57. The van der Waals surface area contributed by atoms with Crippen molar-refractivity contribution in [3.05, 3.63) is 77.7 Å². The highest BCUT2D eigenvalue weighted by molar-refractivity contribution is 7.94. The molecule has 9 heteroatoms. The Kier molecular flexibility index (Phi) is 10.3. The van der Waals surface area contributed by atoms with Crippen LogP contribution in [0.4, 0.5) is 4.79 Å². The molecule has 0 saturated carbocycles. The number of aryl methyl sites for hydroxylation is 1. The number of carbonyl (C=O) groups excluding carboxylic acids is 2. The van der Waals surface area contributed by atoms with E-state index < -0.39 is 21.9 Å². The number of likely N-dealkylation sites (N-methyl/N-ethyl adjacent to an activating group) is 1. The van der Waals surface area contributed by atoms with Crippen LogP contribution in [0.3, 0.4) is 0 Å². The molecule has 2 atom stereocenters. The number of nitrogens with zero attached hydrogens (tertiary/aromatic N) is 2. The van der Waals surface area contributed by atoms with E-state index in [0.29, 0.717) is 25.9 Å². The third-order valence-corrected chi connectivity index (χ3v) is 7.94. The van der Waals surface area contributed by atoms with Gasteiger partial charge in [0.15, 0.2) is 9.84 Å². The molecule has 0 spiro atoms. The summed E-state index contributed by atoms with van der Waals surface area (Å²) in [5.41, 5.74) is 1.09. The maximum atomic E-state index is 13.3. The van der Waals surface area contributed by atoms with Crippen molar-refractivity contribution < 1.29 is 18.0 Å². The zero-order valence-corrected chi connectivity index (χ0v) is 22.7. The molecular weight excluding hydrogens is 488 g/mol. The minimum Gasteiger partial charge on any atom is -0.348 e. The zero-order chi connectivity index (χ0) is 26.8. The molecule has 1 aliphatic heterocycles. The molecule has 1 heterocycles. The number of hydrogen-bond donors (Lipinski definition) is 2. The molecule has 0 aromatic heterocycles. The molecule has 0 aliphatic carbocycles. The maximum absolute atomic E-state index is 13.3. The molecule has 0 radical (unpaired) electrons. The summed E-state index contributed by atoms with van der Waals surface area (Å²) in [6.45, 7) is 6.54. The van der Waals surface area contributed by atoms with Gasteiger partial charge in [-0.3, -0.25) is 4.79 Å². The monoisotopic (exact) mass is 526 g/mol. The van der Waals surface area contributed by atoms with Crippen LogP contribution in [-0.2, 0) is 21.1 Å². The summed E-state index contributed by atoms with van der Waals surface area (Å²) in [7, 11) is -1.65. The van der Waals surface area contributed by atoms with Gasteiger partial charge in [0.1, 0.15) is 6.04 Å². The first-order valence-electron chi connectivity index (χ1n) is 12.7. The van der Waals surface area contributed by atoms with Gasteiger partial charge < -0.3 is 20.4 Å². The third kappa shape index (κ3) is 8.72. The summed E-state index contributed by atoms with van der Waals surface area (Å²) < 4.78 is 25.6. The Hall–Kier alpha value is -3.17. The standard InChI is InChI=1S/C28H38N4O4S/c1-22(2)26(30-28(34)32-19-17-31(3)18-20-32)27(33)29-24(15-14-23-10-6-4-7-11-23)16-21-37(35,36)25-12-8-5-9-13-25/h4-13,16,21-22,24,26H,14-15,17-20H2,1-3H3,(H,29,33)(H,30,34)/b21-16+/t24-,26-/m0/s1. The number of piperazine rings is 1. The minimum absolute atomic E-state index is 0.150. The lowest BCUT2D eigenvalue weighted by Gasteiger charge is -2.34. The summed E-state index contributed by atoms with van der Waals surface area (Å²) in [5.74, 6) is -0.486. The molecule has 3 rings (SSSR count). The first kappa shape index (κ1) is 28.4. The van der Waals surface area contributed by atoms with Crippen LogP contribution in [0.2, 0.25) is 0 Å². The van der Waals surface area contributed by atoms with Crippen LogP contribution < -0.4 is 10.6 Å². The van der Waals surface area contributed by atoms with Crippen LogP contribution in [0.15, 0.2) is 77.0 Å². The van der Waals surface area contributed by atoms with Crippen molar-refractivity contribution >= 4 is 21.8 Å². The second-order valence-corrected chi connectivity index (χ2v) is 11.6. The smallest absolute Gasteiger partial charge is 0.318 e. The summed E-state index contributed by atoms with van der Waals surface area (Å²) in [6, 6.07) is 16.5. The molecule has 0 bridgehead atoms. The topological polar surface area (TPSA) is 98.8 Å². The summed E-state index contributed by atoms with van der Waals surface area (Å²) in [5, 5.41) is 7.03. The first-order valence-corrected chi connectivity index (χ1v) is 14.3. The van der Waals surface area contributed by atoms with Gasteiger partial charge in [-0.15, -0.1) is 0 Å². The van der Waals surface area contributed by atoms with Crippen molar-refractivity contribution in [2.45, 2.75) is 43.7 Å². The fourth-order valence-electron chi connectivity index (χ4n) is 4.11. The molecule has 2 aromatic carbocycles. The Morgan fingerprint density at radius 1 is 0.919 bits per heavy atom. The highest BCUT2D eigenvalue weighted by Gasteiger charge is 2.28. The van der Waals surface area contributed by atoms with E-state index >= 15 is 0 Å². The number of rotatable bonds is 10. The predicted octanol–water partition coefficient (Wildman–Crippen LogP) is 3.07. The fraction of sp³-hybridized carbons (Fsp3) is 0.429. The van der Waals surface area contributed by atoms with Gasteiger partial charge in [0.2, 0.25) is 5.91 Å². The number of amides is 3. The zero-order valence-electron chi connectivity index (χ0n) is 21.8. The average molecular weight is 527 g/mol. The molecule has 1 aliphatic rings. The number of urea groups is 1. The van der Waals surface area contributed by atoms with Gasteiger partial charge in [-0.1, -0.05) is 68.5 Å². The molecule has 200 valence electrons. The average Bonchev–Trinajstić information content (AvgIpc) is 2.90. The largest absolute Gasteiger partial charge is 0.348 e. The van der Waals surface area contributed by atoms with Gasteiger partial charge in [-0.25, -0.2) is 13.2 Å². The highest BCUT2D eigenvalue weighted by atomic mass is 32.2. The van der Waals surface area contributed by atoms with Crippen molar-refractivity contribution in [1.29, 1.82) is 0 Å². The molecule has 0 unspecified atom stereocenters. The molecule has 8 nitrogen and oxygen atoms in total. The van der Waals surface area contributed by atoms with E-state index in [0.717, 1.165) is 24.1 Å². The Balaban J connectivity index is 1.73. The van der Waals surface area contributed by atoms with E-state index in [4.69, 9.17) is 0 Å². The van der Waals surface area contributed by atoms with Gasteiger partial charge >= 0.3 is 6.03 Å². The van der Waals surface area contributed by atoms with E-state index in [-0.39, 0.29) is 22.8 Å². The summed E-state index contributed by atoms with van der Waals surface area (Å²) in [6.07, 6.45) is 2.69. The van der Waals surface area contributed by atoms with Crippen molar-refractivity contribution in [3.63, 3.8) is 0 Å². The molecule has 2 N–H and O–H groups in total. The maximum Gasteiger partial charge on any atom is 0.318 e. The van der Waals surface area contributed by atoms with E-state index in [2.05, 4.69) is 15.5 Å². The Bertz CT molecular complexity index is 1150. The fourth-order valence-corrected chi connectivity index (χ4v) is 5.20. The lowest BCUT2D eigenvalue weighted by molar-refractivity contribution is -0.124. The lowest BCUT2D eigenvalue weighted by atomic mass is 10.0. The van der Waals surface area contributed by atoms with Crippen LogP contribution in [0.1, 0.15) is 25.8 Å². The van der Waals surface area contributed by atoms with Crippen molar-refractivity contribution in [1.82, 2.24) is 20.4 Å². The number of sulfone groups is 1. The van der Waals surface area contributed by atoms with E-state index in [1.54, 1.807) is 35.2 Å². The number of benzene rings is 2. The Morgan fingerprint density at radius 3 is 2.11 bits per heavy atom. The summed E-state index contributed by atoms with van der Waals surface area (Å²) in [4.78, 5) is 30.3. The molecule has 37 heavy (non-hydrogen) atoms. The molecule has 2 aromatic rings. The van der Waals surface area contributed by atoms with Gasteiger partial charge in [0, 0.05) is 37.6 Å². The van der Waals surface area contributed by atoms with Gasteiger partial charge in [0.05, 0.1) is 4.90 Å². The summed E-state index contributed by atoms with van der Waals surface area (Å²) >= 11 is 0. The van der Waals surface area contributed by atoms with Crippen molar-refractivity contribution in [2.24, 2.45) is 5.92 Å². The van der Waals surface area contributed by atoms with E-state index in [9.17, 15) is 18.0 Å². The second-order valence-electron chi connectivity index (χ2n) is 9.79. The van der Waals surface area contributed by atoms with Crippen molar-refractivity contribution in [2.75, 3.05) is 33.2 Å². The second kappa shape index (κ2) is 13.4. The molecule has 3 amide bonds. The quantitative estimate of drug-likeness (QED) is 0.496. The number of hydrogen-bond acceptors (Lipinski definition) is 5. The van der Waals surface area contributed by atoms with E-state index in [1.165, 1.54) is 6.08 Å². The third-order valence-electron chi connectivity index (χ3n) is 6.49. The molecule has 1 saturated heterocycles. The Morgan fingerprint density at radius 2 is 1.51 bits per heavy atom. The van der Waals surface area contributed by atoms with Crippen LogP contribution in [-0.4, -0.2) is 75.5 Å². The van der Waals surface area contributed by atoms with Crippen LogP contribution in [0.25, 0.3) is 0 Å². The van der Waals surface area contributed by atoms with Gasteiger partial charge in [-0.2, -0.15) is 0 Å². The molecule has 1 fully saturated rings. The first-order chi connectivity index (χ1) is 17.7. The van der Waals surface area contributed by atoms with Gasteiger partial charge in [0.25, 0.3) is 0 Å². The number of carbonyl (C=O) groups is 2. The van der Waals surface area contributed by atoms with Crippen LogP contribution in [0, 0.1) is 5.92 Å². The highest BCUT2D eigenvalue weighted by Crippen LogP contribution is 2.14. The minimum atomic E-state index is -3.66. The Labute approximate surface area is 220 Å². The van der Waals surface area contributed by atoms with Crippen LogP contribution in [0.5, 0.6) is 0 Å².